The van der Waals surface area contributed by atoms with Gasteiger partial charge in [0.25, 0.3) is 5.91 Å². The second kappa shape index (κ2) is 6.35. The van der Waals surface area contributed by atoms with Crippen LogP contribution in [0.2, 0.25) is 0 Å². The molecule has 0 aliphatic carbocycles. The van der Waals surface area contributed by atoms with E-state index in [1.165, 1.54) is 0 Å². The van der Waals surface area contributed by atoms with E-state index in [9.17, 15) is 4.79 Å². The lowest BCUT2D eigenvalue weighted by molar-refractivity contribution is 0.0691. The van der Waals surface area contributed by atoms with Crippen LogP contribution in [0.1, 0.15) is 28.8 Å². The SMILES string of the molecule is CNCC1CCN(C(=O)c2ccc(C#N)cc2)CC1. The summed E-state index contributed by atoms with van der Waals surface area (Å²) in [6, 6.07) is 8.92. The van der Waals surface area contributed by atoms with Gasteiger partial charge in [-0.1, -0.05) is 0 Å². The quantitative estimate of drug-likeness (QED) is 0.895. The van der Waals surface area contributed by atoms with Crippen molar-refractivity contribution >= 4 is 5.91 Å². The average molecular weight is 257 g/mol. The molecule has 1 aromatic rings. The van der Waals surface area contributed by atoms with Crippen LogP contribution < -0.4 is 5.32 Å². The topological polar surface area (TPSA) is 56.1 Å². The van der Waals surface area contributed by atoms with Crippen molar-refractivity contribution in [3.05, 3.63) is 35.4 Å². The van der Waals surface area contributed by atoms with Crippen molar-refractivity contribution in [1.82, 2.24) is 10.2 Å². The molecular weight excluding hydrogens is 238 g/mol. The zero-order chi connectivity index (χ0) is 13.7. The molecular formula is C15H19N3O. The number of nitrogens with one attached hydrogen (secondary N) is 1. The molecule has 0 atom stereocenters. The monoisotopic (exact) mass is 257 g/mol. The predicted molar refractivity (Wildman–Crippen MR) is 73.7 cm³/mol. The van der Waals surface area contributed by atoms with Crippen LogP contribution in [-0.4, -0.2) is 37.5 Å². The van der Waals surface area contributed by atoms with Gasteiger partial charge in [-0.05, 0) is 56.6 Å². The molecule has 4 nitrogen and oxygen atoms in total. The molecule has 0 unspecified atom stereocenters. The van der Waals surface area contributed by atoms with Gasteiger partial charge in [0.15, 0.2) is 0 Å². The summed E-state index contributed by atoms with van der Waals surface area (Å²) < 4.78 is 0. The number of nitrogens with zero attached hydrogens (tertiary/aromatic N) is 2. The zero-order valence-corrected chi connectivity index (χ0v) is 11.2. The lowest BCUT2D eigenvalue weighted by atomic mass is 9.96. The molecule has 1 aliphatic heterocycles. The fourth-order valence-electron chi connectivity index (χ4n) is 2.50. The summed E-state index contributed by atoms with van der Waals surface area (Å²) in [5, 5.41) is 11.9. The number of hydrogen-bond acceptors (Lipinski definition) is 3. The second-order valence-corrected chi connectivity index (χ2v) is 4.98. The van der Waals surface area contributed by atoms with Crippen LogP contribution in [0, 0.1) is 17.2 Å². The van der Waals surface area contributed by atoms with Crippen LogP contribution >= 0.6 is 0 Å². The fourth-order valence-corrected chi connectivity index (χ4v) is 2.50. The number of amides is 1. The summed E-state index contributed by atoms with van der Waals surface area (Å²) in [6.07, 6.45) is 2.12. The van der Waals surface area contributed by atoms with E-state index >= 15 is 0 Å². The van der Waals surface area contributed by atoms with Crippen molar-refractivity contribution in [2.45, 2.75) is 12.8 Å². The molecule has 100 valence electrons. The van der Waals surface area contributed by atoms with E-state index < -0.39 is 0 Å². The number of carbonyl (C=O) groups is 1. The molecule has 1 fully saturated rings. The van der Waals surface area contributed by atoms with Crippen LogP contribution in [0.3, 0.4) is 0 Å². The lowest BCUT2D eigenvalue weighted by Gasteiger charge is -2.32. The van der Waals surface area contributed by atoms with Crippen molar-refractivity contribution < 1.29 is 4.79 Å². The highest BCUT2D eigenvalue weighted by Gasteiger charge is 2.23. The molecule has 0 saturated carbocycles. The molecule has 19 heavy (non-hydrogen) atoms. The fraction of sp³-hybridized carbons (Fsp3) is 0.467. The van der Waals surface area contributed by atoms with Gasteiger partial charge < -0.3 is 10.2 Å². The van der Waals surface area contributed by atoms with E-state index in [1.54, 1.807) is 24.3 Å². The van der Waals surface area contributed by atoms with E-state index in [-0.39, 0.29) is 5.91 Å². The van der Waals surface area contributed by atoms with Gasteiger partial charge in [0.05, 0.1) is 11.6 Å². The molecule has 1 saturated heterocycles. The third-order valence-electron chi connectivity index (χ3n) is 3.66. The van der Waals surface area contributed by atoms with E-state index in [2.05, 4.69) is 11.4 Å². The maximum absolute atomic E-state index is 12.3. The number of piperidine rings is 1. The summed E-state index contributed by atoms with van der Waals surface area (Å²) >= 11 is 0. The van der Waals surface area contributed by atoms with E-state index in [0.717, 1.165) is 32.5 Å². The standard InChI is InChI=1S/C15H19N3O/c1-17-11-13-6-8-18(9-7-13)15(19)14-4-2-12(10-16)3-5-14/h2-5,13,17H,6-9,11H2,1H3. The number of rotatable bonds is 3. The lowest BCUT2D eigenvalue weighted by Crippen LogP contribution is -2.40. The minimum Gasteiger partial charge on any atom is -0.339 e. The molecule has 0 aromatic heterocycles. The highest BCUT2D eigenvalue weighted by atomic mass is 16.2. The molecule has 4 heteroatoms. The first kappa shape index (κ1) is 13.6. The summed E-state index contributed by atoms with van der Waals surface area (Å²) in [5.74, 6) is 0.752. The summed E-state index contributed by atoms with van der Waals surface area (Å²) in [6.45, 7) is 2.68. The van der Waals surface area contributed by atoms with Gasteiger partial charge >= 0.3 is 0 Å². The Balaban J connectivity index is 1.95. The Morgan fingerprint density at radius 2 is 2.00 bits per heavy atom. The number of likely N-dealkylation sites (tertiary alicyclic amines) is 1. The average Bonchev–Trinajstić information content (AvgIpc) is 2.48. The van der Waals surface area contributed by atoms with Crippen LogP contribution in [0.4, 0.5) is 0 Å². The predicted octanol–water partition coefficient (Wildman–Crippen LogP) is 1.63. The van der Waals surface area contributed by atoms with Gasteiger partial charge in [0.2, 0.25) is 0 Å². The molecule has 1 N–H and O–H groups in total. The Morgan fingerprint density at radius 1 is 1.37 bits per heavy atom. The Kier molecular flexibility index (Phi) is 4.53. The van der Waals surface area contributed by atoms with Crippen molar-refractivity contribution in [3.63, 3.8) is 0 Å². The largest absolute Gasteiger partial charge is 0.339 e. The maximum atomic E-state index is 12.3. The highest BCUT2D eigenvalue weighted by Crippen LogP contribution is 2.18. The van der Waals surface area contributed by atoms with Crippen molar-refractivity contribution in [2.75, 3.05) is 26.7 Å². The van der Waals surface area contributed by atoms with Crippen LogP contribution in [0.5, 0.6) is 0 Å². The summed E-state index contributed by atoms with van der Waals surface area (Å²) in [4.78, 5) is 14.2. The highest BCUT2D eigenvalue weighted by molar-refractivity contribution is 5.94. The summed E-state index contributed by atoms with van der Waals surface area (Å²) in [7, 11) is 1.97. The first-order valence-corrected chi connectivity index (χ1v) is 6.68. The van der Waals surface area contributed by atoms with Crippen LogP contribution in [0.25, 0.3) is 0 Å². The number of carbonyl (C=O) groups excluding carboxylic acids is 1. The van der Waals surface area contributed by atoms with E-state index in [1.807, 2.05) is 11.9 Å². The van der Waals surface area contributed by atoms with Gasteiger partial charge in [-0.2, -0.15) is 5.26 Å². The van der Waals surface area contributed by atoms with Gasteiger partial charge in [0, 0.05) is 18.7 Å². The minimum absolute atomic E-state index is 0.0763. The smallest absolute Gasteiger partial charge is 0.253 e. The van der Waals surface area contributed by atoms with Gasteiger partial charge in [-0.25, -0.2) is 0 Å². The van der Waals surface area contributed by atoms with Crippen molar-refractivity contribution in [3.8, 4) is 6.07 Å². The molecule has 1 aromatic carbocycles. The van der Waals surface area contributed by atoms with Gasteiger partial charge in [0.1, 0.15) is 0 Å². The molecule has 1 amide bonds. The third-order valence-corrected chi connectivity index (χ3v) is 3.66. The van der Waals surface area contributed by atoms with Crippen LogP contribution in [0.15, 0.2) is 24.3 Å². The third kappa shape index (κ3) is 3.33. The molecule has 0 bridgehead atoms. The normalized spacial score (nSPS) is 16.1. The Hall–Kier alpha value is -1.86. The Bertz CT molecular complexity index is 467. The zero-order valence-electron chi connectivity index (χ0n) is 11.2. The molecule has 1 heterocycles. The second-order valence-electron chi connectivity index (χ2n) is 4.98. The first-order valence-electron chi connectivity index (χ1n) is 6.68. The van der Waals surface area contributed by atoms with Gasteiger partial charge in [-0.3, -0.25) is 4.79 Å². The van der Waals surface area contributed by atoms with Crippen molar-refractivity contribution in [2.24, 2.45) is 5.92 Å². The number of nitriles is 1. The Morgan fingerprint density at radius 3 is 2.53 bits per heavy atom. The first-order chi connectivity index (χ1) is 9.24. The molecule has 2 rings (SSSR count). The van der Waals surface area contributed by atoms with Crippen molar-refractivity contribution in [1.29, 1.82) is 5.26 Å². The summed E-state index contributed by atoms with van der Waals surface area (Å²) in [5.41, 5.74) is 1.26. The molecule has 1 aliphatic rings. The van der Waals surface area contributed by atoms with E-state index in [0.29, 0.717) is 17.0 Å². The number of hydrogen-bond donors (Lipinski definition) is 1. The minimum atomic E-state index is 0.0763. The molecule has 0 spiro atoms. The molecule has 0 radical (unpaired) electrons. The maximum Gasteiger partial charge on any atom is 0.253 e. The van der Waals surface area contributed by atoms with E-state index in [4.69, 9.17) is 5.26 Å². The Labute approximate surface area is 114 Å². The van der Waals surface area contributed by atoms with Gasteiger partial charge in [-0.15, -0.1) is 0 Å². The number of benzene rings is 1. The van der Waals surface area contributed by atoms with Crippen LogP contribution in [-0.2, 0) is 0 Å².